The molecule has 0 fully saturated rings. The number of aromatic nitrogens is 1. The Kier molecular flexibility index (Phi) is 7.38. The van der Waals surface area contributed by atoms with Gasteiger partial charge in [0.1, 0.15) is 5.60 Å². The lowest BCUT2D eigenvalue weighted by Gasteiger charge is -2.19. The van der Waals surface area contributed by atoms with E-state index >= 15 is 0 Å². The van der Waals surface area contributed by atoms with Crippen LogP contribution in [0.4, 0.5) is 9.59 Å². The second kappa shape index (κ2) is 9.06. The Morgan fingerprint density at radius 2 is 1.81 bits per heavy atom. The molecule has 0 bridgehead atoms. The molecule has 0 radical (unpaired) electrons. The number of carbonyl (C=O) groups excluding carboxylic acids is 4. The maximum absolute atomic E-state index is 12.2. The molecule has 1 heterocycles. The van der Waals surface area contributed by atoms with E-state index in [0.717, 1.165) is 0 Å². The largest absolute Gasteiger partial charge is 0.462 e. The zero-order valence-corrected chi connectivity index (χ0v) is 16.2. The number of esters is 1. The predicted octanol–water partition coefficient (Wildman–Crippen LogP) is 1.44. The van der Waals surface area contributed by atoms with Gasteiger partial charge in [-0.25, -0.2) is 19.8 Å². The highest BCUT2D eigenvalue weighted by molar-refractivity contribution is 5.95. The Morgan fingerprint density at radius 3 is 2.30 bits per heavy atom. The van der Waals surface area contributed by atoms with Crippen LogP contribution in [0.2, 0.25) is 0 Å². The van der Waals surface area contributed by atoms with Crippen molar-refractivity contribution >= 4 is 24.0 Å². The molecule has 0 aliphatic rings. The van der Waals surface area contributed by atoms with E-state index in [2.05, 4.69) is 10.7 Å². The second-order valence-electron chi connectivity index (χ2n) is 6.61. The summed E-state index contributed by atoms with van der Waals surface area (Å²) < 4.78 is 11.3. The van der Waals surface area contributed by atoms with Crippen LogP contribution in [-0.4, -0.2) is 40.9 Å². The molecule has 0 aliphatic carbocycles. The fourth-order valence-electron chi connectivity index (χ4n) is 2.35. The summed E-state index contributed by atoms with van der Waals surface area (Å²) in [5.74, 6) is -1.26. The van der Waals surface area contributed by atoms with Crippen molar-refractivity contribution < 1.29 is 28.7 Å². The van der Waals surface area contributed by atoms with E-state index in [4.69, 9.17) is 15.2 Å². The molecule has 0 spiro atoms. The Labute approximate surface area is 157 Å². The van der Waals surface area contributed by atoms with E-state index < -0.39 is 29.6 Å². The van der Waals surface area contributed by atoms with Crippen LogP contribution in [0.1, 0.15) is 56.4 Å². The number of alkyl carbamates (subject to hydrolysis) is 1. The van der Waals surface area contributed by atoms with Crippen LogP contribution in [0.15, 0.2) is 6.07 Å². The van der Waals surface area contributed by atoms with Crippen molar-refractivity contribution in [2.24, 2.45) is 5.73 Å². The van der Waals surface area contributed by atoms with Crippen molar-refractivity contribution in [1.29, 1.82) is 0 Å². The molecule has 27 heavy (non-hydrogen) atoms. The number of hydrogen-bond acceptors (Lipinski definition) is 6. The summed E-state index contributed by atoms with van der Waals surface area (Å²) in [6.07, 6.45) is -0.830. The molecule has 0 saturated carbocycles. The number of primary amides is 1. The quantitative estimate of drug-likeness (QED) is 0.636. The van der Waals surface area contributed by atoms with Crippen LogP contribution in [0.5, 0.6) is 0 Å². The monoisotopic (exact) mass is 382 g/mol. The van der Waals surface area contributed by atoms with Gasteiger partial charge >= 0.3 is 18.1 Å². The van der Waals surface area contributed by atoms with Gasteiger partial charge in [-0.15, -0.1) is 0 Å². The van der Waals surface area contributed by atoms with Crippen molar-refractivity contribution in [3.05, 3.63) is 23.0 Å². The van der Waals surface area contributed by atoms with Crippen LogP contribution < -0.4 is 16.5 Å². The van der Waals surface area contributed by atoms with Crippen molar-refractivity contribution in [3.8, 4) is 0 Å². The number of hydrogen-bond donors (Lipinski definition) is 3. The number of rotatable bonds is 6. The third-order valence-corrected chi connectivity index (χ3v) is 3.21. The molecule has 4 N–H and O–H groups in total. The Balaban J connectivity index is 3.10. The van der Waals surface area contributed by atoms with E-state index in [1.807, 2.05) is 0 Å². The van der Waals surface area contributed by atoms with Gasteiger partial charge in [0.25, 0.3) is 0 Å². The van der Waals surface area contributed by atoms with E-state index in [9.17, 15) is 19.2 Å². The smallest absolute Gasteiger partial charge is 0.414 e. The summed E-state index contributed by atoms with van der Waals surface area (Å²) in [6, 6.07) is 0.547. The predicted molar refractivity (Wildman–Crippen MR) is 96.8 cm³/mol. The van der Waals surface area contributed by atoms with Crippen LogP contribution in [0.3, 0.4) is 0 Å². The lowest BCUT2D eigenvalue weighted by Crippen LogP contribution is -2.38. The van der Waals surface area contributed by atoms with Gasteiger partial charge in [0.15, 0.2) is 0 Å². The van der Waals surface area contributed by atoms with Crippen molar-refractivity contribution in [2.45, 2.75) is 53.1 Å². The van der Waals surface area contributed by atoms with Crippen molar-refractivity contribution in [3.63, 3.8) is 0 Å². The van der Waals surface area contributed by atoms with Crippen LogP contribution >= 0.6 is 0 Å². The molecule has 1 rings (SSSR count). The van der Waals surface area contributed by atoms with Crippen LogP contribution in [0.25, 0.3) is 0 Å². The van der Waals surface area contributed by atoms with E-state index in [0.29, 0.717) is 12.1 Å². The Bertz CT molecular complexity index is 733. The van der Waals surface area contributed by atoms with Gasteiger partial charge in [-0.2, -0.15) is 0 Å². The number of nitrogens with zero attached hydrogens (tertiary/aromatic N) is 1. The SMILES string of the molecule is CCOC(=O)c1cc(CC(=O)NC(=O)OC(C)(C)C)n(NC(N)=O)c1CC. The molecule has 0 saturated heterocycles. The first-order chi connectivity index (χ1) is 12.5. The summed E-state index contributed by atoms with van der Waals surface area (Å²) in [7, 11) is 0. The second-order valence-corrected chi connectivity index (χ2v) is 6.61. The molecular weight excluding hydrogens is 356 g/mol. The van der Waals surface area contributed by atoms with E-state index in [1.165, 1.54) is 10.7 Å². The highest BCUT2D eigenvalue weighted by Crippen LogP contribution is 2.18. The molecule has 10 nitrogen and oxygen atoms in total. The number of amides is 4. The first kappa shape index (κ1) is 22.0. The zero-order chi connectivity index (χ0) is 20.8. The minimum absolute atomic E-state index is 0.172. The summed E-state index contributed by atoms with van der Waals surface area (Å²) in [6.45, 7) is 8.60. The molecule has 10 heteroatoms. The van der Waals surface area contributed by atoms with Crippen LogP contribution in [-0.2, 0) is 27.1 Å². The molecule has 1 aromatic rings. The average Bonchev–Trinajstić information content (AvgIpc) is 2.82. The van der Waals surface area contributed by atoms with E-state index in [1.54, 1.807) is 34.6 Å². The number of nitrogens with two attached hydrogens (primary N) is 1. The zero-order valence-electron chi connectivity index (χ0n) is 16.2. The fourth-order valence-corrected chi connectivity index (χ4v) is 2.35. The molecule has 4 amide bonds. The number of imide groups is 1. The summed E-state index contributed by atoms with van der Waals surface area (Å²) in [5.41, 5.74) is 7.66. The summed E-state index contributed by atoms with van der Waals surface area (Å²) in [5, 5.41) is 2.09. The normalized spacial score (nSPS) is 10.9. The highest BCUT2D eigenvalue weighted by atomic mass is 16.6. The molecular formula is C17H26N4O6. The van der Waals surface area contributed by atoms with Gasteiger partial charge in [-0.05, 0) is 40.2 Å². The minimum Gasteiger partial charge on any atom is -0.462 e. The lowest BCUT2D eigenvalue weighted by molar-refractivity contribution is -0.120. The van der Waals surface area contributed by atoms with Gasteiger partial charge in [-0.1, -0.05) is 6.92 Å². The van der Waals surface area contributed by atoms with Gasteiger partial charge in [0.05, 0.1) is 30.0 Å². The number of nitrogens with one attached hydrogen (secondary N) is 2. The third-order valence-electron chi connectivity index (χ3n) is 3.21. The van der Waals surface area contributed by atoms with Gasteiger partial charge in [0, 0.05) is 0 Å². The fraction of sp³-hybridized carbons (Fsp3) is 0.529. The standard InChI is InChI=1S/C17H26N4O6/c1-6-12-11(14(23)26-7-2)8-10(21(12)20-15(18)24)9-13(22)19-16(25)27-17(3,4)5/h8H,6-7,9H2,1-5H3,(H3,18,20,24)(H,19,22,25). The molecule has 1 aromatic heterocycles. The number of ether oxygens (including phenoxy) is 2. The Morgan fingerprint density at radius 1 is 1.19 bits per heavy atom. The summed E-state index contributed by atoms with van der Waals surface area (Å²) >= 11 is 0. The number of urea groups is 1. The molecule has 0 atom stereocenters. The molecule has 0 aromatic carbocycles. The van der Waals surface area contributed by atoms with E-state index in [-0.39, 0.29) is 24.3 Å². The maximum atomic E-state index is 12.2. The first-order valence-electron chi connectivity index (χ1n) is 8.48. The number of carbonyl (C=O) groups is 4. The third kappa shape index (κ3) is 6.65. The molecule has 0 unspecified atom stereocenters. The molecule has 150 valence electrons. The van der Waals surface area contributed by atoms with Gasteiger partial charge < -0.3 is 15.2 Å². The Hall–Kier alpha value is -3.04. The average molecular weight is 382 g/mol. The minimum atomic E-state index is -0.894. The highest BCUT2D eigenvalue weighted by Gasteiger charge is 2.24. The topological polar surface area (TPSA) is 142 Å². The maximum Gasteiger partial charge on any atom is 0.414 e. The van der Waals surface area contributed by atoms with Gasteiger partial charge in [-0.3, -0.25) is 14.8 Å². The molecule has 0 aliphatic heterocycles. The van der Waals surface area contributed by atoms with Gasteiger partial charge in [0.2, 0.25) is 5.91 Å². The summed E-state index contributed by atoms with van der Waals surface area (Å²) in [4.78, 5) is 47.3. The first-order valence-corrected chi connectivity index (χ1v) is 8.48. The van der Waals surface area contributed by atoms with Crippen molar-refractivity contribution in [1.82, 2.24) is 9.99 Å². The lowest BCUT2D eigenvalue weighted by atomic mass is 10.2. The van der Waals surface area contributed by atoms with Crippen LogP contribution in [0, 0.1) is 0 Å². The van der Waals surface area contributed by atoms with Crippen molar-refractivity contribution in [2.75, 3.05) is 12.0 Å².